The van der Waals surface area contributed by atoms with Crippen molar-refractivity contribution in [1.29, 1.82) is 0 Å². The smallest absolute Gasteiger partial charge is 0.462 e. The van der Waals surface area contributed by atoms with Gasteiger partial charge in [0.1, 0.15) is 19.3 Å². The predicted molar refractivity (Wildman–Crippen MR) is 317 cm³/mol. The van der Waals surface area contributed by atoms with Crippen molar-refractivity contribution >= 4 is 39.5 Å². The molecule has 0 saturated heterocycles. The number of aliphatic hydroxyl groups excluding tert-OH is 1. The predicted octanol–water partition coefficient (Wildman–Crippen LogP) is 16.5. The van der Waals surface area contributed by atoms with E-state index >= 15 is 0 Å². The van der Waals surface area contributed by atoms with Gasteiger partial charge in [-0.1, -0.05) is 247 Å². The van der Waals surface area contributed by atoms with E-state index in [0.29, 0.717) is 25.7 Å². The molecule has 0 bridgehead atoms. The third-order valence-electron chi connectivity index (χ3n) is 14.7. The van der Waals surface area contributed by atoms with Crippen LogP contribution in [-0.4, -0.2) is 96.7 Å². The Morgan fingerprint density at radius 1 is 0.350 bits per heavy atom. The normalized spacial score (nSPS) is 15.1. The van der Waals surface area contributed by atoms with E-state index in [9.17, 15) is 43.2 Å². The Bertz CT molecular complexity index is 1590. The molecule has 0 aromatic heterocycles. The highest BCUT2D eigenvalue weighted by molar-refractivity contribution is 7.47. The maximum absolute atomic E-state index is 12.9. The van der Waals surface area contributed by atoms with Crippen LogP contribution in [-0.2, 0) is 65.4 Å². The van der Waals surface area contributed by atoms with Crippen LogP contribution in [0.5, 0.6) is 0 Å². The Balaban J connectivity index is 5.20. The van der Waals surface area contributed by atoms with Gasteiger partial charge < -0.3 is 33.8 Å². The molecule has 17 nitrogen and oxygen atoms in total. The molecule has 0 aliphatic carbocycles. The fraction of sp³-hybridized carbons (Fsp3) is 0.934. The fourth-order valence-electron chi connectivity index (χ4n) is 8.94. The van der Waals surface area contributed by atoms with Gasteiger partial charge in [0.15, 0.2) is 12.2 Å². The van der Waals surface area contributed by atoms with Crippen molar-refractivity contribution in [2.24, 2.45) is 11.8 Å². The van der Waals surface area contributed by atoms with E-state index in [-0.39, 0.29) is 25.7 Å². The number of hydrogen-bond donors (Lipinski definition) is 3. The summed E-state index contributed by atoms with van der Waals surface area (Å²) in [5, 5.41) is 10.5. The zero-order valence-corrected chi connectivity index (χ0v) is 53.2. The largest absolute Gasteiger partial charge is 0.472 e. The van der Waals surface area contributed by atoms with Crippen LogP contribution in [0.3, 0.4) is 0 Å². The number of rotatable bonds is 60. The number of ether oxygens (including phenoxy) is 4. The summed E-state index contributed by atoms with van der Waals surface area (Å²) in [6.07, 6.45) is 34.9. The number of esters is 4. The zero-order chi connectivity index (χ0) is 59.4. The van der Waals surface area contributed by atoms with Gasteiger partial charge in [-0.2, -0.15) is 0 Å². The Kier molecular flexibility index (Phi) is 52.5. The molecule has 7 atom stereocenters. The lowest BCUT2D eigenvalue weighted by atomic mass is 9.99. The number of unbranched alkanes of at least 4 members (excludes halogenated alkanes) is 28. The fourth-order valence-corrected chi connectivity index (χ4v) is 10.5. The van der Waals surface area contributed by atoms with Crippen molar-refractivity contribution in [2.75, 3.05) is 39.6 Å². The minimum atomic E-state index is -4.94. The van der Waals surface area contributed by atoms with Crippen molar-refractivity contribution in [3.63, 3.8) is 0 Å². The Morgan fingerprint density at radius 3 is 0.887 bits per heavy atom. The SMILES string of the molecule is CCCCCCCCCC(=O)OC[C@H](COP(=O)(O)OC[C@H](O)COP(=O)(O)OC[C@@H](COC(=O)CCCCCCCCCCC(C)CC)OC(=O)CCCCCCCCCCCCC(C)CC)OC(=O)CCCCCCCCC. The summed E-state index contributed by atoms with van der Waals surface area (Å²) < 4.78 is 67.7. The van der Waals surface area contributed by atoms with Crippen LogP contribution in [0, 0.1) is 11.8 Å². The Morgan fingerprint density at radius 2 is 0.600 bits per heavy atom. The molecular formula is C61H118O17P2. The van der Waals surface area contributed by atoms with E-state index in [1.807, 2.05) is 0 Å². The van der Waals surface area contributed by atoms with Crippen molar-refractivity contribution in [2.45, 2.75) is 317 Å². The second-order valence-corrected chi connectivity index (χ2v) is 25.5. The number of phosphoric ester groups is 2. The number of hydrogen-bond acceptors (Lipinski definition) is 15. The molecule has 0 amide bonds. The average molecular weight is 1190 g/mol. The first-order valence-electron chi connectivity index (χ1n) is 32.1. The molecule has 0 aliphatic rings. The molecule has 0 saturated carbocycles. The average Bonchev–Trinajstić information content (AvgIpc) is 3.43. The molecule has 4 unspecified atom stereocenters. The van der Waals surface area contributed by atoms with Crippen LogP contribution < -0.4 is 0 Å². The van der Waals surface area contributed by atoms with Gasteiger partial charge in [0.2, 0.25) is 0 Å². The van der Waals surface area contributed by atoms with E-state index in [0.717, 1.165) is 127 Å². The lowest BCUT2D eigenvalue weighted by Gasteiger charge is -2.21. The number of aliphatic hydroxyl groups is 1. The molecule has 0 fully saturated rings. The second kappa shape index (κ2) is 53.8. The minimum Gasteiger partial charge on any atom is -0.462 e. The van der Waals surface area contributed by atoms with Gasteiger partial charge in [0, 0.05) is 25.7 Å². The highest BCUT2D eigenvalue weighted by atomic mass is 31.2. The van der Waals surface area contributed by atoms with Crippen molar-refractivity contribution in [1.82, 2.24) is 0 Å². The molecule has 0 aromatic rings. The van der Waals surface area contributed by atoms with Crippen LogP contribution >= 0.6 is 15.6 Å². The van der Waals surface area contributed by atoms with Crippen LogP contribution in [0.1, 0.15) is 298 Å². The number of carbonyl (C=O) groups is 4. The molecule has 0 heterocycles. The van der Waals surface area contributed by atoms with Gasteiger partial charge in [-0.25, -0.2) is 9.13 Å². The molecule has 19 heteroatoms. The van der Waals surface area contributed by atoms with E-state index in [1.165, 1.54) is 89.9 Å². The molecule has 0 aliphatic heterocycles. The first kappa shape index (κ1) is 78.1. The topological polar surface area (TPSA) is 237 Å². The molecular weight excluding hydrogens is 1070 g/mol. The summed E-state index contributed by atoms with van der Waals surface area (Å²) in [7, 11) is -9.87. The summed E-state index contributed by atoms with van der Waals surface area (Å²) in [6.45, 7) is 9.41. The van der Waals surface area contributed by atoms with Gasteiger partial charge in [-0.15, -0.1) is 0 Å². The van der Waals surface area contributed by atoms with Crippen LogP contribution in [0.4, 0.5) is 0 Å². The molecule has 474 valence electrons. The summed E-state index contributed by atoms with van der Waals surface area (Å²) in [5.74, 6) is -0.566. The standard InChI is InChI=1S/C61H118O17P2/c1-7-11-13-15-23-31-37-43-58(63)71-49-56(77-60(65)45-39-33-24-16-14-12-8-2)51-75-79(67,68)73-47-55(62)48-74-80(69,70)76-52-57(50-72-59(64)44-38-32-27-22-21-26-30-36-42-54(6)10-4)78-61(66)46-40-34-28-20-18-17-19-25-29-35-41-53(5)9-3/h53-57,62H,7-52H2,1-6H3,(H,67,68)(H,69,70)/t53?,54?,55-,56+,57+/m0/s1. The van der Waals surface area contributed by atoms with E-state index < -0.39 is 97.5 Å². The summed E-state index contributed by atoms with van der Waals surface area (Å²) in [4.78, 5) is 71.9. The third kappa shape index (κ3) is 52.8. The van der Waals surface area contributed by atoms with Gasteiger partial charge in [-0.3, -0.25) is 37.3 Å². The first-order valence-corrected chi connectivity index (χ1v) is 35.1. The van der Waals surface area contributed by atoms with E-state index in [1.54, 1.807) is 0 Å². The van der Waals surface area contributed by atoms with Gasteiger partial charge in [0.05, 0.1) is 26.4 Å². The zero-order valence-electron chi connectivity index (χ0n) is 51.4. The molecule has 0 rings (SSSR count). The molecule has 0 spiro atoms. The highest BCUT2D eigenvalue weighted by Gasteiger charge is 2.30. The Labute approximate surface area is 486 Å². The van der Waals surface area contributed by atoms with E-state index in [2.05, 4.69) is 41.5 Å². The minimum absolute atomic E-state index is 0.103. The van der Waals surface area contributed by atoms with Crippen LogP contribution in [0.2, 0.25) is 0 Å². The van der Waals surface area contributed by atoms with Crippen LogP contribution in [0.15, 0.2) is 0 Å². The van der Waals surface area contributed by atoms with Crippen molar-refractivity contribution in [3.8, 4) is 0 Å². The van der Waals surface area contributed by atoms with Crippen molar-refractivity contribution in [3.05, 3.63) is 0 Å². The number of phosphoric acid groups is 2. The summed E-state index contributed by atoms with van der Waals surface area (Å²) in [6, 6.07) is 0. The second-order valence-electron chi connectivity index (χ2n) is 22.6. The van der Waals surface area contributed by atoms with Gasteiger partial charge in [0.25, 0.3) is 0 Å². The molecule has 0 radical (unpaired) electrons. The monoisotopic (exact) mass is 1180 g/mol. The summed E-state index contributed by atoms with van der Waals surface area (Å²) in [5.41, 5.74) is 0. The first-order chi connectivity index (χ1) is 38.4. The highest BCUT2D eigenvalue weighted by Crippen LogP contribution is 2.45. The lowest BCUT2D eigenvalue weighted by molar-refractivity contribution is -0.161. The Hall–Kier alpha value is -1.94. The molecule has 3 N–H and O–H groups in total. The quantitative estimate of drug-likeness (QED) is 0.0222. The van der Waals surface area contributed by atoms with E-state index in [4.69, 9.17) is 37.0 Å². The summed E-state index contributed by atoms with van der Waals surface area (Å²) >= 11 is 0. The lowest BCUT2D eigenvalue weighted by Crippen LogP contribution is -2.30. The maximum atomic E-state index is 12.9. The maximum Gasteiger partial charge on any atom is 0.472 e. The van der Waals surface area contributed by atoms with Gasteiger partial charge >= 0.3 is 39.5 Å². The molecule has 80 heavy (non-hydrogen) atoms. The third-order valence-corrected chi connectivity index (χ3v) is 16.6. The van der Waals surface area contributed by atoms with Gasteiger partial charge in [-0.05, 0) is 37.5 Å². The molecule has 0 aromatic carbocycles. The van der Waals surface area contributed by atoms with Crippen molar-refractivity contribution < 1.29 is 80.2 Å². The van der Waals surface area contributed by atoms with Crippen LogP contribution in [0.25, 0.3) is 0 Å². The number of carbonyl (C=O) groups excluding carboxylic acids is 4.